The zero-order chi connectivity index (χ0) is 17.1. The number of carbonyl (C=O) groups excluding carboxylic acids is 1. The minimum absolute atomic E-state index is 0.0451. The number of benzene rings is 1. The Balaban J connectivity index is 1.77. The third-order valence-electron chi connectivity index (χ3n) is 4.21. The molecular weight excluding hydrogens is 328 g/mol. The highest BCUT2D eigenvalue weighted by atomic mass is 35.5. The lowest BCUT2D eigenvalue weighted by Gasteiger charge is -2.31. The molecule has 0 bridgehead atoms. The van der Waals surface area contributed by atoms with Gasteiger partial charge in [-0.25, -0.2) is 4.68 Å². The van der Waals surface area contributed by atoms with Crippen molar-refractivity contribution < 1.29 is 9.53 Å². The Morgan fingerprint density at radius 1 is 1.21 bits per heavy atom. The molecule has 7 heteroatoms. The molecule has 3 rings (SSSR count). The summed E-state index contributed by atoms with van der Waals surface area (Å²) < 4.78 is 7.07. The van der Waals surface area contributed by atoms with Gasteiger partial charge in [0.2, 0.25) is 5.88 Å². The molecule has 128 valence electrons. The fourth-order valence-electron chi connectivity index (χ4n) is 2.72. The summed E-state index contributed by atoms with van der Waals surface area (Å²) in [6, 6.07) is 9.25. The van der Waals surface area contributed by atoms with Crippen LogP contribution in [0.5, 0.6) is 5.88 Å². The fourth-order valence-corrected chi connectivity index (χ4v) is 2.84. The topological polar surface area (TPSA) is 50.6 Å². The summed E-state index contributed by atoms with van der Waals surface area (Å²) in [6.07, 6.45) is 0. The molecule has 2 heterocycles. The number of hydrogen-bond donors (Lipinski definition) is 0. The van der Waals surface area contributed by atoms with Gasteiger partial charge in [0, 0.05) is 37.3 Å². The van der Waals surface area contributed by atoms with Crippen molar-refractivity contribution in [2.75, 3.05) is 40.3 Å². The van der Waals surface area contributed by atoms with E-state index >= 15 is 0 Å². The first-order valence-corrected chi connectivity index (χ1v) is 8.28. The number of piperazine rings is 1. The van der Waals surface area contributed by atoms with Gasteiger partial charge in [0.15, 0.2) is 5.69 Å². The van der Waals surface area contributed by atoms with Crippen molar-refractivity contribution in [3.63, 3.8) is 0 Å². The largest absolute Gasteiger partial charge is 0.481 e. The van der Waals surface area contributed by atoms with E-state index in [1.807, 2.05) is 29.2 Å². The molecule has 0 radical (unpaired) electrons. The minimum atomic E-state index is -0.0451. The van der Waals surface area contributed by atoms with Crippen LogP contribution in [0.15, 0.2) is 30.3 Å². The van der Waals surface area contributed by atoms with Crippen molar-refractivity contribution in [3.05, 3.63) is 46.6 Å². The first-order chi connectivity index (χ1) is 11.6. The molecule has 1 aliphatic heterocycles. The van der Waals surface area contributed by atoms with Gasteiger partial charge in [-0.2, -0.15) is 5.10 Å². The van der Waals surface area contributed by atoms with Crippen LogP contribution in [0.25, 0.3) is 0 Å². The molecule has 6 nitrogen and oxygen atoms in total. The zero-order valence-electron chi connectivity index (χ0n) is 13.9. The van der Waals surface area contributed by atoms with Crippen LogP contribution < -0.4 is 4.74 Å². The second-order valence-corrected chi connectivity index (χ2v) is 6.39. The number of nitrogens with zero attached hydrogens (tertiary/aromatic N) is 4. The van der Waals surface area contributed by atoms with Crippen molar-refractivity contribution >= 4 is 17.5 Å². The van der Waals surface area contributed by atoms with Crippen molar-refractivity contribution in [1.29, 1.82) is 0 Å². The lowest BCUT2D eigenvalue weighted by atomic mass is 10.2. The molecule has 1 fully saturated rings. The van der Waals surface area contributed by atoms with E-state index in [2.05, 4.69) is 17.0 Å². The highest BCUT2D eigenvalue weighted by molar-refractivity contribution is 6.30. The number of likely N-dealkylation sites (N-methyl/N-ethyl adjacent to an activating group) is 1. The van der Waals surface area contributed by atoms with Gasteiger partial charge in [0.25, 0.3) is 5.91 Å². The van der Waals surface area contributed by atoms with Gasteiger partial charge < -0.3 is 14.5 Å². The van der Waals surface area contributed by atoms with Crippen molar-refractivity contribution in [2.45, 2.75) is 6.54 Å². The van der Waals surface area contributed by atoms with E-state index in [1.54, 1.807) is 17.9 Å². The van der Waals surface area contributed by atoms with Crippen LogP contribution in [0, 0.1) is 0 Å². The van der Waals surface area contributed by atoms with Gasteiger partial charge in [-0.15, -0.1) is 0 Å². The second kappa shape index (κ2) is 7.23. The molecule has 1 aromatic heterocycles. The SMILES string of the molecule is COc1cc(C(=O)N2CCN(C)CC2)nn1Cc1ccc(Cl)cc1. The van der Waals surface area contributed by atoms with E-state index in [1.165, 1.54) is 0 Å². The van der Waals surface area contributed by atoms with Crippen molar-refractivity contribution in [2.24, 2.45) is 0 Å². The number of amides is 1. The van der Waals surface area contributed by atoms with E-state index in [9.17, 15) is 4.79 Å². The Morgan fingerprint density at radius 2 is 1.88 bits per heavy atom. The molecular formula is C17H21ClN4O2. The van der Waals surface area contributed by atoms with Crippen LogP contribution >= 0.6 is 11.6 Å². The van der Waals surface area contributed by atoms with Gasteiger partial charge in [0.05, 0.1) is 13.7 Å². The molecule has 1 aliphatic rings. The van der Waals surface area contributed by atoms with E-state index in [4.69, 9.17) is 16.3 Å². The molecule has 0 atom stereocenters. The molecule has 2 aromatic rings. The number of halogens is 1. The van der Waals surface area contributed by atoms with E-state index in [0.717, 1.165) is 31.7 Å². The molecule has 1 saturated heterocycles. The summed E-state index contributed by atoms with van der Waals surface area (Å²) in [5.74, 6) is 0.527. The highest BCUT2D eigenvalue weighted by Gasteiger charge is 2.23. The average Bonchev–Trinajstić information content (AvgIpc) is 3.00. The maximum atomic E-state index is 12.6. The summed E-state index contributed by atoms with van der Waals surface area (Å²) in [4.78, 5) is 16.7. The van der Waals surface area contributed by atoms with Crippen LogP contribution in [0.2, 0.25) is 5.02 Å². The third kappa shape index (κ3) is 3.71. The summed E-state index contributed by atoms with van der Waals surface area (Å²) in [7, 11) is 3.64. The molecule has 0 N–H and O–H groups in total. The highest BCUT2D eigenvalue weighted by Crippen LogP contribution is 2.18. The number of carbonyl (C=O) groups is 1. The first-order valence-electron chi connectivity index (χ1n) is 7.91. The molecule has 24 heavy (non-hydrogen) atoms. The standard InChI is InChI=1S/C17H21ClN4O2/c1-20-7-9-21(10-8-20)17(23)15-11-16(24-2)22(19-15)12-13-3-5-14(18)6-4-13/h3-6,11H,7-10,12H2,1-2H3. The van der Waals surface area contributed by atoms with Crippen molar-refractivity contribution in [1.82, 2.24) is 19.6 Å². The van der Waals surface area contributed by atoms with E-state index in [-0.39, 0.29) is 5.91 Å². The first kappa shape index (κ1) is 16.8. The Hall–Kier alpha value is -2.05. The molecule has 0 saturated carbocycles. The molecule has 1 aromatic carbocycles. The Morgan fingerprint density at radius 3 is 2.50 bits per heavy atom. The number of hydrogen-bond acceptors (Lipinski definition) is 4. The Bertz CT molecular complexity index is 706. The summed E-state index contributed by atoms with van der Waals surface area (Å²) >= 11 is 5.91. The fraction of sp³-hybridized carbons (Fsp3) is 0.412. The van der Waals surface area contributed by atoms with Gasteiger partial charge in [-0.1, -0.05) is 23.7 Å². The predicted molar refractivity (Wildman–Crippen MR) is 92.7 cm³/mol. The maximum absolute atomic E-state index is 12.6. The van der Waals surface area contributed by atoms with Crippen LogP contribution in [0.1, 0.15) is 16.1 Å². The normalized spacial score (nSPS) is 15.5. The second-order valence-electron chi connectivity index (χ2n) is 5.95. The van der Waals surface area contributed by atoms with Gasteiger partial charge in [-0.3, -0.25) is 4.79 Å². The minimum Gasteiger partial charge on any atom is -0.481 e. The summed E-state index contributed by atoms with van der Waals surface area (Å²) in [6.45, 7) is 3.74. The van der Waals surface area contributed by atoms with Crippen LogP contribution in [0.3, 0.4) is 0 Å². The molecule has 1 amide bonds. The lowest BCUT2D eigenvalue weighted by molar-refractivity contribution is 0.0657. The molecule has 0 spiro atoms. The number of aromatic nitrogens is 2. The van der Waals surface area contributed by atoms with Crippen LogP contribution in [-0.2, 0) is 6.54 Å². The molecule has 0 aliphatic carbocycles. The lowest BCUT2D eigenvalue weighted by Crippen LogP contribution is -2.47. The quantitative estimate of drug-likeness (QED) is 0.847. The average molecular weight is 349 g/mol. The van der Waals surface area contributed by atoms with Gasteiger partial charge in [-0.05, 0) is 24.7 Å². The number of methoxy groups -OCH3 is 1. The number of ether oxygens (including phenoxy) is 1. The third-order valence-corrected chi connectivity index (χ3v) is 4.46. The van der Waals surface area contributed by atoms with Crippen molar-refractivity contribution in [3.8, 4) is 5.88 Å². The summed E-state index contributed by atoms with van der Waals surface area (Å²) in [5, 5.41) is 5.14. The van der Waals surface area contributed by atoms with Gasteiger partial charge >= 0.3 is 0 Å². The number of rotatable bonds is 4. The van der Waals surface area contributed by atoms with E-state index < -0.39 is 0 Å². The zero-order valence-corrected chi connectivity index (χ0v) is 14.7. The van der Waals surface area contributed by atoms with Gasteiger partial charge in [0.1, 0.15) is 0 Å². The van der Waals surface area contributed by atoms with E-state index in [0.29, 0.717) is 23.1 Å². The predicted octanol–water partition coefficient (Wildman–Crippen LogP) is 1.98. The maximum Gasteiger partial charge on any atom is 0.274 e. The van der Waals surface area contributed by atoms with Crippen LogP contribution in [0.4, 0.5) is 0 Å². The molecule has 0 unspecified atom stereocenters. The smallest absolute Gasteiger partial charge is 0.274 e. The van der Waals surface area contributed by atoms with Crippen LogP contribution in [-0.4, -0.2) is 65.8 Å². The Kier molecular flexibility index (Phi) is 5.06. The summed E-state index contributed by atoms with van der Waals surface area (Å²) in [5.41, 5.74) is 1.46. The monoisotopic (exact) mass is 348 g/mol. The Labute approximate surface area is 146 Å².